The van der Waals surface area contributed by atoms with Crippen LogP contribution in [0.1, 0.15) is 35.3 Å². The summed E-state index contributed by atoms with van der Waals surface area (Å²) in [6, 6.07) is 3.40. The maximum atomic E-state index is 11.7. The molecule has 0 atom stereocenters. The third-order valence-corrected chi connectivity index (χ3v) is 2.33. The quantitative estimate of drug-likeness (QED) is 0.731. The van der Waals surface area contributed by atoms with Crippen LogP contribution in [0.15, 0.2) is 12.1 Å². The van der Waals surface area contributed by atoms with Crippen molar-refractivity contribution < 1.29 is 9.90 Å². The molecule has 1 aromatic rings. The number of carbonyl (C=O) groups is 1. The van der Waals surface area contributed by atoms with Crippen LogP contribution in [0.4, 0.5) is 0 Å². The van der Waals surface area contributed by atoms with E-state index in [1.165, 1.54) is 0 Å². The largest absolute Gasteiger partial charge is 0.508 e. The van der Waals surface area contributed by atoms with Crippen LogP contribution in [0, 0.1) is 19.8 Å². The van der Waals surface area contributed by atoms with Gasteiger partial charge in [0.15, 0.2) is 5.78 Å². The first-order valence-electron chi connectivity index (χ1n) is 4.78. The van der Waals surface area contributed by atoms with Crippen LogP contribution < -0.4 is 0 Å². The molecule has 0 bridgehead atoms. The fourth-order valence-electron chi connectivity index (χ4n) is 1.38. The summed E-state index contributed by atoms with van der Waals surface area (Å²) in [6.07, 6.45) is 0. The van der Waals surface area contributed by atoms with Crippen molar-refractivity contribution in [1.29, 1.82) is 0 Å². The van der Waals surface area contributed by atoms with E-state index in [4.69, 9.17) is 0 Å². The van der Waals surface area contributed by atoms with Crippen molar-refractivity contribution in [1.82, 2.24) is 0 Å². The highest BCUT2D eigenvalue weighted by Crippen LogP contribution is 2.23. The van der Waals surface area contributed by atoms with E-state index in [2.05, 4.69) is 0 Å². The number of aryl methyl sites for hydroxylation is 2. The summed E-state index contributed by atoms with van der Waals surface area (Å²) in [5.41, 5.74) is 2.31. The van der Waals surface area contributed by atoms with Gasteiger partial charge in [-0.15, -0.1) is 0 Å². The van der Waals surface area contributed by atoms with Crippen LogP contribution in [0.5, 0.6) is 5.75 Å². The Morgan fingerprint density at radius 1 is 1.21 bits per heavy atom. The van der Waals surface area contributed by atoms with Crippen molar-refractivity contribution in [3.63, 3.8) is 0 Å². The first-order valence-corrected chi connectivity index (χ1v) is 4.78. The molecule has 76 valence electrons. The maximum absolute atomic E-state index is 11.7. The molecule has 0 aliphatic heterocycles. The predicted octanol–water partition coefficient (Wildman–Crippen LogP) is 2.85. The average molecular weight is 192 g/mol. The lowest BCUT2D eigenvalue weighted by molar-refractivity contribution is 0.0938. The molecule has 2 nitrogen and oxygen atoms in total. The van der Waals surface area contributed by atoms with E-state index < -0.39 is 0 Å². The van der Waals surface area contributed by atoms with E-state index in [9.17, 15) is 9.90 Å². The molecule has 1 N–H and O–H groups in total. The van der Waals surface area contributed by atoms with Crippen LogP contribution >= 0.6 is 0 Å². The van der Waals surface area contributed by atoms with Crippen molar-refractivity contribution in [2.24, 2.45) is 5.92 Å². The number of phenols is 1. The number of benzene rings is 1. The van der Waals surface area contributed by atoms with Gasteiger partial charge in [0.25, 0.3) is 0 Å². The summed E-state index contributed by atoms with van der Waals surface area (Å²) in [5, 5.41) is 9.43. The predicted molar refractivity (Wildman–Crippen MR) is 56.7 cm³/mol. The first kappa shape index (κ1) is 10.8. The zero-order valence-corrected chi connectivity index (χ0v) is 9.09. The van der Waals surface area contributed by atoms with Gasteiger partial charge in [0, 0.05) is 11.5 Å². The van der Waals surface area contributed by atoms with E-state index in [0.717, 1.165) is 16.7 Å². The average Bonchev–Trinajstić information content (AvgIpc) is 2.10. The Hall–Kier alpha value is -1.31. The van der Waals surface area contributed by atoms with Gasteiger partial charge in [-0.2, -0.15) is 0 Å². The van der Waals surface area contributed by atoms with Crippen molar-refractivity contribution in [3.05, 3.63) is 28.8 Å². The van der Waals surface area contributed by atoms with Crippen molar-refractivity contribution in [2.75, 3.05) is 0 Å². The molecule has 0 aliphatic rings. The standard InChI is InChI=1S/C12H16O2/c1-7(2)12(14)10-5-9(4)11(13)6-8(10)3/h5-7,13H,1-4H3. The lowest BCUT2D eigenvalue weighted by Gasteiger charge is -2.09. The van der Waals surface area contributed by atoms with Crippen LogP contribution in [0.2, 0.25) is 0 Å². The molecule has 0 saturated heterocycles. The van der Waals surface area contributed by atoms with Crippen molar-refractivity contribution in [2.45, 2.75) is 27.7 Å². The Morgan fingerprint density at radius 3 is 2.29 bits per heavy atom. The number of hydrogen-bond donors (Lipinski definition) is 1. The highest BCUT2D eigenvalue weighted by molar-refractivity contribution is 5.99. The minimum Gasteiger partial charge on any atom is -0.508 e. The summed E-state index contributed by atoms with van der Waals surface area (Å²) in [4.78, 5) is 11.7. The molecule has 1 rings (SSSR count). The Morgan fingerprint density at radius 2 is 1.79 bits per heavy atom. The highest BCUT2D eigenvalue weighted by atomic mass is 16.3. The van der Waals surface area contributed by atoms with E-state index in [0.29, 0.717) is 0 Å². The van der Waals surface area contributed by atoms with E-state index in [-0.39, 0.29) is 17.5 Å². The molecule has 2 heteroatoms. The highest BCUT2D eigenvalue weighted by Gasteiger charge is 2.14. The van der Waals surface area contributed by atoms with Crippen LogP contribution in [0.3, 0.4) is 0 Å². The molecule has 0 fully saturated rings. The molecule has 0 spiro atoms. The summed E-state index contributed by atoms with van der Waals surface area (Å²) in [7, 11) is 0. The van der Waals surface area contributed by atoms with Crippen LogP contribution in [0.25, 0.3) is 0 Å². The SMILES string of the molecule is Cc1cc(C(=O)C(C)C)c(C)cc1O. The van der Waals surface area contributed by atoms with Gasteiger partial charge < -0.3 is 5.11 Å². The van der Waals surface area contributed by atoms with Gasteiger partial charge in [-0.1, -0.05) is 13.8 Å². The molecule has 0 unspecified atom stereocenters. The number of carbonyl (C=O) groups excluding carboxylic acids is 1. The molecular formula is C12H16O2. The van der Waals surface area contributed by atoms with Gasteiger partial charge in [0.05, 0.1) is 0 Å². The topological polar surface area (TPSA) is 37.3 Å². The monoisotopic (exact) mass is 192 g/mol. The van der Waals surface area contributed by atoms with E-state index >= 15 is 0 Å². The smallest absolute Gasteiger partial charge is 0.165 e. The van der Waals surface area contributed by atoms with Gasteiger partial charge in [0.2, 0.25) is 0 Å². The summed E-state index contributed by atoms with van der Waals surface area (Å²) in [5.74, 6) is 0.381. The normalized spacial score (nSPS) is 10.6. The Bertz CT molecular complexity index is 365. The summed E-state index contributed by atoms with van der Waals surface area (Å²) in [6.45, 7) is 7.40. The zero-order valence-electron chi connectivity index (χ0n) is 9.09. The van der Waals surface area contributed by atoms with Gasteiger partial charge >= 0.3 is 0 Å². The zero-order chi connectivity index (χ0) is 10.9. The number of ketones is 1. The van der Waals surface area contributed by atoms with Gasteiger partial charge in [-0.05, 0) is 37.1 Å². The fourth-order valence-corrected chi connectivity index (χ4v) is 1.38. The fraction of sp³-hybridized carbons (Fsp3) is 0.417. The lowest BCUT2D eigenvalue weighted by atomic mass is 9.95. The molecule has 0 heterocycles. The molecular weight excluding hydrogens is 176 g/mol. The Balaban J connectivity index is 3.22. The van der Waals surface area contributed by atoms with Gasteiger partial charge in [0.1, 0.15) is 5.75 Å². The summed E-state index contributed by atoms with van der Waals surface area (Å²) < 4.78 is 0. The molecule has 1 aromatic carbocycles. The third-order valence-electron chi connectivity index (χ3n) is 2.33. The van der Waals surface area contributed by atoms with E-state index in [1.807, 2.05) is 20.8 Å². The minimum atomic E-state index is -0.00218. The maximum Gasteiger partial charge on any atom is 0.165 e. The number of rotatable bonds is 2. The van der Waals surface area contributed by atoms with Crippen molar-refractivity contribution >= 4 is 5.78 Å². The van der Waals surface area contributed by atoms with Gasteiger partial charge in [-0.3, -0.25) is 4.79 Å². The summed E-state index contributed by atoms with van der Waals surface area (Å²) >= 11 is 0. The number of hydrogen-bond acceptors (Lipinski definition) is 2. The molecule has 0 amide bonds. The van der Waals surface area contributed by atoms with Gasteiger partial charge in [-0.25, -0.2) is 0 Å². The van der Waals surface area contributed by atoms with Crippen LogP contribution in [-0.4, -0.2) is 10.9 Å². The lowest BCUT2D eigenvalue weighted by Crippen LogP contribution is -2.09. The second kappa shape index (κ2) is 3.82. The minimum absolute atomic E-state index is 0.00218. The van der Waals surface area contributed by atoms with E-state index in [1.54, 1.807) is 19.1 Å². The third kappa shape index (κ3) is 1.95. The Kier molecular flexibility index (Phi) is 2.94. The van der Waals surface area contributed by atoms with Crippen LogP contribution in [-0.2, 0) is 0 Å². The molecule has 14 heavy (non-hydrogen) atoms. The molecule has 0 radical (unpaired) electrons. The number of Topliss-reactive ketones (excluding diaryl/α,β-unsaturated/α-hetero) is 1. The molecule has 0 aromatic heterocycles. The number of aromatic hydroxyl groups is 1. The number of phenolic OH excluding ortho intramolecular Hbond substituents is 1. The Labute approximate surface area is 84.6 Å². The first-order chi connectivity index (χ1) is 6.43. The van der Waals surface area contributed by atoms with Crippen molar-refractivity contribution in [3.8, 4) is 5.75 Å². The second-order valence-corrected chi connectivity index (χ2v) is 3.97. The second-order valence-electron chi connectivity index (χ2n) is 3.97. The molecule has 0 saturated carbocycles. The molecule has 0 aliphatic carbocycles.